The molecule has 0 spiro atoms. The van der Waals surface area contributed by atoms with Crippen molar-refractivity contribution in [2.24, 2.45) is 0 Å². The minimum Gasteiger partial charge on any atom is -0.347 e. The van der Waals surface area contributed by atoms with E-state index in [1.165, 1.54) is 18.2 Å². The van der Waals surface area contributed by atoms with E-state index < -0.39 is 11.9 Å². The third-order valence-corrected chi connectivity index (χ3v) is 6.21. The van der Waals surface area contributed by atoms with Crippen LogP contribution in [0.2, 0.25) is 10.0 Å². The summed E-state index contributed by atoms with van der Waals surface area (Å²) in [6.45, 7) is 1.58. The summed E-state index contributed by atoms with van der Waals surface area (Å²) in [7, 11) is 0. The fraction of sp³-hybridized carbons (Fsp3) is 0.263. The molecule has 142 valence electrons. The Bertz CT molecular complexity index is 894. The topological polar surface area (TPSA) is 58.2 Å². The van der Waals surface area contributed by atoms with Crippen LogP contribution in [0, 0.1) is 5.82 Å². The van der Waals surface area contributed by atoms with E-state index in [-0.39, 0.29) is 33.4 Å². The van der Waals surface area contributed by atoms with Gasteiger partial charge in [0.1, 0.15) is 11.9 Å². The number of fused-ring (bicyclic) bond motifs is 1. The van der Waals surface area contributed by atoms with Crippen molar-refractivity contribution < 1.29 is 14.0 Å². The van der Waals surface area contributed by atoms with Gasteiger partial charge in [0.05, 0.1) is 21.7 Å². The van der Waals surface area contributed by atoms with Crippen molar-refractivity contribution in [1.29, 1.82) is 0 Å². The minimum absolute atomic E-state index is 0.137. The summed E-state index contributed by atoms with van der Waals surface area (Å²) in [5.74, 6) is -0.362. The first kappa shape index (κ1) is 20.0. The zero-order valence-corrected chi connectivity index (χ0v) is 16.7. The minimum atomic E-state index is -0.792. The number of hydrogen-bond donors (Lipinski definition) is 2. The Morgan fingerprint density at radius 2 is 2.04 bits per heavy atom. The van der Waals surface area contributed by atoms with Crippen LogP contribution in [0.3, 0.4) is 0 Å². The SMILES string of the molecule is CC(NC(=O)c1cccc(Cl)c1Cl)C(=O)NC1CCSc2ccc(F)cc21. The fourth-order valence-electron chi connectivity index (χ4n) is 2.83. The van der Waals surface area contributed by atoms with Crippen LogP contribution in [0.4, 0.5) is 4.39 Å². The molecular formula is C19H17Cl2FN2O2S. The van der Waals surface area contributed by atoms with Gasteiger partial charge < -0.3 is 10.6 Å². The van der Waals surface area contributed by atoms with Crippen LogP contribution in [-0.2, 0) is 4.79 Å². The molecule has 0 aliphatic carbocycles. The predicted octanol–water partition coefficient (Wildman–Crippen LogP) is 4.60. The molecule has 0 aromatic heterocycles. The van der Waals surface area contributed by atoms with Gasteiger partial charge in [0, 0.05) is 10.6 Å². The molecule has 8 heteroatoms. The molecule has 27 heavy (non-hydrogen) atoms. The van der Waals surface area contributed by atoms with Gasteiger partial charge in [-0.2, -0.15) is 0 Å². The van der Waals surface area contributed by atoms with Crippen LogP contribution in [0.15, 0.2) is 41.3 Å². The van der Waals surface area contributed by atoms with E-state index in [0.29, 0.717) is 6.42 Å². The van der Waals surface area contributed by atoms with E-state index in [4.69, 9.17) is 23.2 Å². The number of carbonyl (C=O) groups is 2. The third-order valence-electron chi connectivity index (χ3n) is 4.26. The first-order chi connectivity index (χ1) is 12.9. The molecule has 0 fully saturated rings. The highest BCUT2D eigenvalue weighted by atomic mass is 35.5. The van der Waals surface area contributed by atoms with Crippen molar-refractivity contribution >= 4 is 46.8 Å². The lowest BCUT2D eigenvalue weighted by Gasteiger charge is -2.27. The number of rotatable bonds is 4. The van der Waals surface area contributed by atoms with Crippen LogP contribution >= 0.6 is 35.0 Å². The maximum atomic E-state index is 13.6. The van der Waals surface area contributed by atoms with Gasteiger partial charge in [-0.1, -0.05) is 29.3 Å². The second-order valence-electron chi connectivity index (χ2n) is 6.18. The number of carbonyl (C=O) groups excluding carboxylic acids is 2. The van der Waals surface area contributed by atoms with Gasteiger partial charge in [0.25, 0.3) is 5.91 Å². The Hall–Kier alpha value is -1.76. The maximum absolute atomic E-state index is 13.6. The van der Waals surface area contributed by atoms with Crippen molar-refractivity contribution in [3.8, 4) is 0 Å². The van der Waals surface area contributed by atoms with E-state index in [1.807, 2.05) is 0 Å². The Balaban J connectivity index is 1.68. The van der Waals surface area contributed by atoms with E-state index in [9.17, 15) is 14.0 Å². The van der Waals surface area contributed by atoms with Crippen LogP contribution in [0.1, 0.15) is 35.3 Å². The highest BCUT2D eigenvalue weighted by Crippen LogP contribution is 2.36. The van der Waals surface area contributed by atoms with Crippen LogP contribution in [-0.4, -0.2) is 23.6 Å². The molecule has 0 saturated heterocycles. The van der Waals surface area contributed by atoms with Crippen molar-refractivity contribution in [3.05, 3.63) is 63.4 Å². The Labute approximate surface area is 170 Å². The second-order valence-corrected chi connectivity index (χ2v) is 8.10. The number of thioether (sulfide) groups is 1. The molecular weight excluding hydrogens is 410 g/mol. The number of halogens is 3. The van der Waals surface area contributed by atoms with Gasteiger partial charge in [-0.25, -0.2) is 4.39 Å². The van der Waals surface area contributed by atoms with Gasteiger partial charge in [0.15, 0.2) is 0 Å². The van der Waals surface area contributed by atoms with Crippen molar-refractivity contribution in [2.75, 3.05) is 5.75 Å². The molecule has 2 amide bonds. The van der Waals surface area contributed by atoms with E-state index >= 15 is 0 Å². The molecule has 1 aliphatic heterocycles. The van der Waals surface area contributed by atoms with Gasteiger partial charge >= 0.3 is 0 Å². The lowest BCUT2D eigenvalue weighted by molar-refractivity contribution is -0.123. The second kappa shape index (κ2) is 8.50. The highest BCUT2D eigenvalue weighted by Gasteiger charge is 2.26. The average molecular weight is 427 g/mol. The van der Waals surface area contributed by atoms with Crippen LogP contribution < -0.4 is 10.6 Å². The number of hydrogen-bond acceptors (Lipinski definition) is 3. The summed E-state index contributed by atoms with van der Waals surface area (Å²) < 4.78 is 13.6. The smallest absolute Gasteiger partial charge is 0.253 e. The van der Waals surface area contributed by atoms with Gasteiger partial charge in [0.2, 0.25) is 5.91 Å². The lowest BCUT2D eigenvalue weighted by atomic mass is 10.0. The van der Waals surface area contributed by atoms with Gasteiger partial charge in [-0.3, -0.25) is 9.59 Å². The molecule has 2 unspecified atom stereocenters. The van der Waals surface area contributed by atoms with Gasteiger partial charge in [-0.05, 0) is 49.2 Å². The lowest BCUT2D eigenvalue weighted by Crippen LogP contribution is -2.46. The molecule has 0 saturated carbocycles. The molecule has 3 rings (SSSR count). The zero-order chi connectivity index (χ0) is 19.6. The summed E-state index contributed by atoms with van der Waals surface area (Å²) in [6, 6.07) is 8.21. The molecule has 0 radical (unpaired) electrons. The van der Waals surface area contributed by atoms with Crippen molar-refractivity contribution in [1.82, 2.24) is 10.6 Å². The monoisotopic (exact) mass is 426 g/mol. The largest absolute Gasteiger partial charge is 0.347 e. The standard InChI is InChI=1S/C19H17Cl2FN2O2S/c1-10(23-19(26)12-3-2-4-14(20)17(12)21)18(25)24-15-7-8-27-16-6-5-11(22)9-13(15)16/h2-6,9-10,15H,7-8H2,1H3,(H,23,26)(H,24,25). The zero-order valence-electron chi connectivity index (χ0n) is 14.4. The van der Waals surface area contributed by atoms with Crippen LogP contribution in [0.25, 0.3) is 0 Å². The molecule has 4 nitrogen and oxygen atoms in total. The first-order valence-electron chi connectivity index (χ1n) is 8.34. The summed E-state index contributed by atoms with van der Waals surface area (Å²) in [6.07, 6.45) is 0.688. The van der Waals surface area contributed by atoms with E-state index in [2.05, 4.69) is 10.6 Å². The molecule has 2 atom stereocenters. The molecule has 2 aromatic carbocycles. The Morgan fingerprint density at radius 1 is 1.26 bits per heavy atom. The van der Waals surface area contributed by atoms with E-state index in [1.54, 1.807) is 36.9 Å². The average Bonchev–Trinajstić information content (AvgIpc) is 2.64. The third kappa shape index (κ3) is 4.57. The summed E-state index contributed by atoms with van der Waals surface area (Å²) >= 11 is 13.6. The molecule has 1 heterocycles. The number of amides is 2. The van der Waals surface area contributed by atoms with Gasteiger partial charge in [-0.15, -0.1) is 11.8 Å². The molecule has 1 aliphatic rings. The molecule has 2 N–H and O–H groups in total. The Kier molecular flexibility index (Phi) is 6.29. The normalized spacial score (nSPS) is 17.0. The maximum Gasteiger partial charge on any atom is 0.253 e. The van der Waals surface area contributed by atoms with E-state index in [0.717, 1.165) is 16.2 Å². The van der Waals surface area contributed by atoms with Crippen molar-refractivity contribution in [3.63, 3.8) is 0 Å². The number of benzene rings is 2. The van der Waals surface area contributed by atoms with Crippen LogP contribution in [0.5, 0.6) is 0 Å². The summed E-state index contributed by atoms with van der Waals surface area (Å²) in [5.41, 5.74) is 0.960. The number of nitrogens with one attached hydrogen (secondary N) is 2. The first-order valence-corrected chi connectivity index (χ1v) is 10.1. The highest BCUT2D eigenvalue weighted by molar-refractivity contribution is 7.99. The molecule has 2 aromatic rings. The Morgan fingerprint density at radius 3 is 2.81 bits per heavy atom. The van der Waals surface area contributed by atoms with Crippen molar-refractivity contribution in [2.45, 2.75) is 30.3 Å². The summed E-state index contributed by atoms with van der Waals surface area (Å²) in [5, 5.41) is 5.91. The predicted molar refractivity (Wildman–Crippen MR) is 106 cm³/mol. The quantitative estimate of drug-likeness (QED) is 0.750. The summed E-state index contributed by atoms with van der Waals surface area (Å²) in [4.78, 5) is 25.9. The molecule has 0 bridgehead atoms. The fourth-order valence-corrected chi connectivity index (χ4v) is 4.32.